The molecular formula is C28H30FN5O3. The molecule has 1 N–H and O–H groups in total. The number of rotatable bonds is 5. The van der Waals surface area contributed by atoms with Crippen molar-refractivity contribution < 1.29 is 18.7 Å². The highest BCUT2D eigenvalue weighted by Gasteiger charge is 2.42. The van der Waals surface area contributed by atoms with E-state index in [0.29, 0.717) is 36.8 Å². The third kappa shape index (κ3) is 4.71. The fourth-order valence-electron chi connectivity index (χ4n) is 5.08. The van der Waals surface area contributed by atoms with Crippen LogP contribution in [0.3, 0.4) is 0 Å². The minimum atomic E-state index is -1.66. The van der Waals surface area contributed by atoms with Gasteiger partial charge in [-0.3, -0.25) is 24.5 Å². The first-order chi connectivity index (χ1) is 17.7. The fraction of sp³-hybridized carbons (Fsp3) is 0.393. The zero-order valence-electron chi connectivity index (χ0n) is 21.4. The molecule has 0 unspecified atom stereocenters. The zero-order chi connectivity index (χ0) is 26.3. The first-order valence-corrected chi connectivity index (χ1v) is 12.5. The molecule has 0 bridgehead atoms. The average molecular weight is 504 g/mol. The number of ether oxygens (including phenoxy) is 1. The van der Waals surface area contributed by atoms with E-state index in [2.05, 4.69) is 21.4 Å². The van der Waals surface area contributed by atoms with E-state index in [9.17, 15) is 14.0 Å². The molecule has 0 aromatic carbocycles. The summed E-state index contributed by atoms with van der Waals surface area (Å²) >= 11 is 0. The second-order valence-corrected chi connectivity index (χ2v) is 10.0. The predicted molar refractivity (Wildman–Crippen MR) is 138 cm³/mol. The van der Waals surface area contributed by atoms with E-state index in [4.69, 9.17) is 9.72 Å². The highest BCUT2D eigenvalue weighted by Crippen LogP contribution is 2.43. The number of anilines is 2. The van der Waals surface area contributed by atoms with Crippen LogP contribution < -0.4 is 10.2 Å². The Labute approximate surface area is 215 Å². The molecule has 8 nitrogen and oxygen atoms in total. The van der Waals surface area contributed by atoms with Crippen LogP contribution in [-0.4, -0.2) is 46.5 Å². The molecule has 0 saturated carbocycles. The zero-order valence-corrected chi connectivity index (χ0v) is 21.4. The van der Waals surface area contributed by atoms with Gasteiger partial charge in [0, 0.05) is 53.8 Å². The largest absolute Gasteiger partial charge is 0.381 e. The van der Waals surface area contributed by atoms with Gasteiger partial charge in [-0.1, -0.05) is 0 Å². The normalized spacial score (nSPS) is 19.3. The van der Waals surface area contributed by atoms with E-state index >= 15 is 0 Å². The van der Waals surface area contributed by atoms with E-state index in [1.807, 2.05) is 19.9 Å². The summed E-state index contributed by atoms with van der Waals surface area (Å²) in [6.07, 6.45) is 5.54. The Kier molecular flexibility index (Phi) is 6.49. The Morgan fingerprint density at radius 1 is 1.19 bits per heavy atom. The molecule has 5 rings (SSSR count). The van der Waals surface area contributed by atoms with Crippen LogP contribution in [-0.2, 0) is 15.2 Å². The van der Waals surface area contributed by atoms with Crippen molar-refractivity contribution >= 4 is 23.3 Å². The van der Waals surface area contributed by atoms with Crippen molar-refractivity contribution in [1.82, 2.24) is 15.0 Å². The number of amides is 2. The number of aryl methyl sites for hydroxylation is 1. The summed E-state index contributed by atoms with van der Waals surface area (Å²) in [5, 5.41) is 2.86. The van der Waals surface area contributed by atoms with E-state index in [1.54, 1.807) is 23.4 Å². The van der Waals surface area contributed by atoms with Crippen molar-refractivity contribution in [3.8, 4) is 11.1 Å². The number of hydrogen-bond donors (Lipinski definition) is 1. The lowest BCUT2D eigenvalue weighted by Gasteiger charge is -2.40. The van der Waals surface area contributed by atoms with E-state index < -0.39 is 5.67 Å². The van der Waals surface area contributed by atoms with Crippen molar-refractivity contribution in [2.24, 2.45) is 5.92 Å². The van der Waals surface area contributed by atoms with E-state index in [-0.39, 0.29) is 29.3 Å². The summed E-state index contributed by atoms with van der Waals surface area (Å²) in [4.78, 5) is 40.9. The molecule has 3 aromatic heterocycles. The molecule has 2 aliphatic rings. The lowest BCUT2D eigenvalue weighted by Crippen LogP contribution is -2.47. The SMILES string of the molecule is CCN1C(=O)[C@@H]2COCC[C@@H]2c2cc(-c3cc(NC(=O)c4ccnc(C(C)(C)F)c4)cnc3C)cnc21. The molecule has 192 valence electrons. The molecule has 9 heteroatoms. The van der Waals surface area contributed by atoms with Crippen LogP contribution in [0.1, 0.15) is 60.4 Å². The van der Waals surface area contributed by atoms with Gasteiger partial charge in [0.15, 0.2) is 0 Å². The number of nitrogens with one attached hydrogen (secondary N) is 1. The Bertz CT molecular complexity index is 1370. The minimum Gasteiger partial charge on any atom is -0.381 e. The highest BCUT2D eigenvalue weighted by atomic mass is 19.1. The molecule has 2 aliphatic heterocycles. The van der Waals surface area contributed by atoms with Crippen molar-refractivity contribution in [2.75, 3.05) is 30.0 Å². The van der Waals surface area contributed by atoms with Crippen LogP contribution in [0.4, 0.5) is 15.9 Å². The molecule has 5 heterocycles. The standard InChI is InChI=1S/C28H30FN5O3/c1-5-34-25-22(20-7-9-37-15-23(20)27(34)36)10-18(13-32-25)21-12-19(14-31-16(21)2)33-26(35)17-6-8-30-24(11-17)28(3,4)29/h6,8,10-14,20,23H,5,7,9,15H2,1-4H3,(H,33,35)/t20-,23-/m1/s1. The number of hydrogen-bond acceptors (Lipinski definition) is 6. The predicted octanol–water partition coefficient (Wildman–Crippen LogP) is 4.79. The summed E-state index contributed by atoms with van der Waals surface area (Å²) in [6.45, 7) is 8.22. The number of aromatic nitrogens is 3. The maximum absolute atomic E-state index is 14.3. The van der Waals surface area contributed by atoms with Crippen LogP contribution in [0.15, 0.2) is 42.9 Å². The number of pyridine rings is 3. The second-order valence-electron chi connectivity index (χ2n) is 10.0. The third-order valence-electron chi connectivity index (χ3n) is 7.09. The fourth-order valence-corrected chi connectivity index (χ4v) is 5.08. The third-order valence-corrected chi connectivity index (χ3v) is 7.09. The van der Waals surface area contributed by atoms with Crippen LogP contribution in [0.5, 0.6) is 0 Å². The Hall–Kier alpha value is -3.72. The number of alkyl halides is 1. The molecule has 0 spiro atoms. The first-order valence-electron chi connectivity index (χ1n) is 12.5. The van der Waals surface area contributed by atoms with E-state index in [1.165, 1.54) is 26.1 Å². The summed E-state index contributed by atoms with van der Waals surface area (Å²) in [7, 11) is 0. The Balaban J connectivity index is 1.47. The van der Waals surface area contributed by atoms with Gasteiger partial charge in [-0.15, -0.1) is 0 Å². The summed E-state index contributed by atoms with van der Waals surface area (Å²) in [5.74, 6) is 0.248. The van der Waals surface area contributed by atoms with Crippen LogP contribution in [0.2, 0.25) is 0 Å². The number of carbonyl (C=O) groups excluding carboxylic acids is 2. The average Bonchev–Trinajstić information content (AvgIpc) is 2.89. The molecule has 37 heavy (non-hydrogen) atoms. The van der Waals surface area contributed by atoms with Crippen molar-refractivity contribution in [3.05, 3.63) is 65.4 Å². The quantitative estimate of drug-likeness (QED) is 0.538. The summed E-state index contributed by atoms with van der Waals surface area (Å²) in [5.41, 5.74) is 2.87. The minimum absolute atomic E-state index is 0.0586. The molecule has 1 fully saturated rings. The summed E-state index contributed by atoms with van der Waals surface area (Å²) < 4.78 is 20.0. The molecule has 2 amide bonds. The smallest absolute Gasteiger partial charge is 0.255 e. The Morgan fingerprint density at radius 3 is 2.76 bits per heavy atom. The van der Waals surface area contributed by atoms with Gasteiger partial charge in [0.25, 0.3) is 5.91 Å². The van der Waals surface area contributed by atoms with Crippen LogP contribution in [0.25, 0.3) is 11.1 Å². The van der Waals surface area contributed by atoms with Crippen LogP contribution in [0, 0.1) is 12.8 Å². The van der Waals surface area contributed by atoms with Gasteiger partial charge >= 0.3 is 0 Å². The summed E-state index contributed by atoms with van der Waals surface area (Å²) in [6, 6.07) is 6.95. The van der Waals surface area contributed by atoms with E-state index in [0.717, 1.165) is 28.8 Å². The van der Waals surface area contributed by atoms with Gasteiger partial charge in [0.1, 0.15) is 11.5 Å². The van der Waals surface area contributed by atoms with Gasteiger partial charge in [-0.2, -0.15) is 0 Å². The van der Waals surface area contributed by atoms with Crippen molar-refractivity contribution in [2.45, 2.75) is 45.7 Å². The van der Waals surface area contributed by atoms with Crippen molar-refractivity contribution in [3.63, 3.8) is 0 Å². The highest BCUT2D eigenvalue weighted by molar-refractivity contribution is 6.04. The number of carbonyl (C=O) groups is 2. The number of fused-ring (bicyclic) bond motifs is 3. The Morgan fingerprint density at radius 2 is 2.00 bits per heavy atom. The lowest BCUT2D eigenvalue weighted by atomic mass is 9.78. The number of halogens is 1. The molecule has 3 aromatic rings. The molecule has 0 aliphatic carbocycles. The molecule has 2 atom stereocenters. The van der Waals surface area contributed by atoms with Crippen LogP contribution >= 0.6 is 0 Å². The topological polar surface area (TPSA) is 97.3 Å². The van der Waals surface area contributed by atoms with Gasteiger partial charge in [0.05, 0.1) is 30.1 Å². The maximum Gasteiger partial charge on any atom is 0.255 e. The molecule has 1 saturated heterocycles. The molecular weight excluding hydrogens is 473 g/mol. The van der Waals surface area contributed by atoms with Gasteiger partial charge in [-0.25, -0.2) is 9.37 Å². The number of nitrogens with zero attached hydrogens (tertiary/aromatic N) is 4. The van der Waals surface area contributed by atoms with Gasteiger partial charge < -0.3 is 10.1 Å². The van der Waals surface area contributed by atoms with Gasteiger partial charge in [-0.05, 0) is 63.9 Å². The van der Waals surface area contributed by atoms with Gasteiger partial charge in [0.2, 0.25) is 5.91 Å². The maximum atomic E-state index is 14.3. The van der Waals surface area contributed by atoms with Crippen molar-refractivity contribution in [1.29, 1.82) is 0 Å². The second kappa shape index (κ2) is 9.63. The lowest BCUT2D eigenvalue weighted by molar-refractivity contribution is -0.128. The monoisotopic (exact) mass is 503 g/mol. The first kappa shape index (κ1) is 25.0. The molecule has 0 radical (unpaired) electrons.